The number of hydrogen-bond donors (Lipinski definition) is 11. The van der Waals surface area contributed by atoms with Crippen LogP contribution in [-0.4, -0.2) is 117 Å². The molecule has 0 heterocycles. The Balaban J connectivity index is 5.95. The molecule has 6 atom stereocenters. The van der Waals surface area contributed by atoms with E-state index in [1.807, 2.05) is 0 Å². The lowest BCUT2D eigenvalue weighted by Crippen LogP contribution is -2.59. The zero-order valence-corrected chi connectivity index (χ0v) is 27.7. The van der Waals surface area contributed by atoms with Gasteiger partial charge in [-0.2, -0.15) is 0 Å². The van der Waals surface area contributed by atoms with Crippen LogP contribution in [0.4, 0.5) is 0 Å². The van der Waals surface area contributed by atoms with Crippen molar-refractivity contribution in [3.8, 4) is 0 Å². The van der Waals surface area contributed by atoms with Gasteiger partial charge in [0.15, 0.2) is 0 Å². The van der Waals surface area contributed by atoms with Crippen molar-refractivity contribution in [2.24, 2.45) is 17.4 Å². The average Bonchev–Trinajstić information content (AvgIpc) is 2.98. The Morgan fingerprint density at radius 2 is 1.00 bits per heavy atom. The summed E-state index contributed by atoms with van der Waals surface area (Å²) in [7, 11) is 0. The van der Waals surface area contributed by atoms with Gasteiger partial charge in [0.2, 0.25) is 29.5 Å². The van der Waals surface area contributed by atoms with Crippen LogP contribution < -0.4 is 38.1 Å². The molecule has 0 spiro atoms. The summed E-state index contributed by atoms with van der Waals surface area (Å²) in [5.41, 5.74) is 11.1. The van der Waals surface area contributed by atoms with E-state index in [0.29, 0.717) is 12.8 Å². The van der Waals surface area contributed by atoms with Crippen molar-refractivity contribution in [1.29, 1.82) is 0 Å². The maximum atomic E-state index is 13.5. The molecule has 5 amide bonds. The fraction of sp³-hybridized carbons (Fsp3) is 0.690. The lowest BCUT2D eigenvalue weighted by atomic mass is 10.0. The van der Waals surface area contributed by atoms with E-state index >= 15 is 0 Å². The summed E-state index contributed by atoms with van der Waals surface area (Å²) in [4.78, 5) is 109. The van der Waals surface area contributed by atoms with E-state index in [-0.39, 0.29) is 25.3 Å². The molecule has 0 rings (SSSR count). The fourth-order valence-electron chi connectivity index (χ4n) is 4.31. The summed E-state index contributed by atoms with van der Waals surface area (Å²) < 4.78 is 0. The highest BCUT2D eigenvalue weighted by molar-refractivity contribution is 5.96. The van der Waals surface area contributed by atoms with E-state index in [2.05, 4.69) is 26.6 Å². The normalized spacial score (nSPS) is 14.6. The lowest BCUT2D eigenvalue weighted by Gasteiger charge is -2.27. The van der Waals surface area contributed by atoms with Crippen molar-refractivity contribution >= 4 is 53.4 Å². The molecule has 0 aliphatic carbocycles. The first kappa shape index (κ1) is 44.1. The summed E-state index contributed by atoms with van der Waals surface area (Å²) in [6.07, 6.45) is -1.83. The number of unbranched alkanes of at least 4 members (excludes halogenated alkanes) is 1. The van der Waals surface area contributed by atoms with Crippen LogP contribution in [0.15, 0.2) is 0 Å². The Hall–Kier alpha value is -4.85. The SMILES string of the molecule is CC(C)CC(NC(=O)C(CCC(=O)O)NC(=O)C(N)CC(=O)O)C(=O)NC(CCCCN)C(=O)NC(C)C(=O)NC(CCC(=O)O)C(=O)O. The molecule has 0 radical (unpaired) electrons. The number of carboxylic acids is 4. The van der Waals surface area contributed by atoms with Crippen molar-refractivity contribution in [3.05, 3.63) is 0 Å². The third-order valence-electron chi connectivity index (χ3n) is 6.94. The minimum absolute atomic E-state index is 0.0264. The molecule has 13 N–H and O–H groups in total. The van der Waals surface area contributed by atoms with Crippen LogP contribution in [0, 0.1) is 5.92 Å². The fourth-order valence-corrected chi connectivity index (χ4v) is 4.31. The molecule has 278 valence electrons. The van der Waals surface area contributed by atoms with Gasteiger partial charge in [-0.3, -0.25) is 38.4 Å². The third kappa shape index (κ3) is 18.9. The maximum Gasteiger partial charge on any atom is 0.326 e. The van der Waals surface area contributed by atoms with E-state index in [0.717, 1.165) is 0 Å². The van der Waals surface area contributed by atoms with Gasteiger partial charge in [0.1, 0.15) is 30.2 Å². The predicted molar refractivity (Wildman–Crippen MR) is 169 cm³/mol. The summed E-state index contributed by atoms with van der Waals surface area (Å²) in [5, 5.41) is 47.9. The zero-order chi connectivity index (χ0) is 37.8. The van der Waals surface area contributed by atoms with Crippen molar-refractivity contribution in [2.45, 2.75) is 115 Å². The monoisotopic (exact) mass is 703 g/mol. The summed E-state index contributed by atoms with van der Waals surface area (Å²) in [5.74, 6) is -10.3. The smallest absolute Gasteiger partial charge is 0.326 e. The molecule has 0 saturated heterocycles. The van der Waals surface area contributed by atoms with Crippen LogP contribution in [0.3, 0.4) is 0 Å². The van der Waals surface area contributed by atoms with E-state index < -0.39 is 122 Å². The number of nitrogens with two attached hydrogens (primary N) is 2. The van der Waals surface area contributed by atoms with Gasteiger partial charge in [0.25, 0.3) is 0 Å². The summed E-state index contributed by atoms with van der Waals surface area (Å²) >= 11 is 0. The number of carbonyl (C=O) groups is 9. The molecular formula is C29H49N7O13. The molecule has 0 bridgehead atoms. The summed E-state index contributed by atoms with van der Waals surface area (Å²) in [6.45, 7) is 4.97. The largest absolute Gasteiger partial charge is 0.481 e. The van der Waals surface area contributed by atoms with Crippen LogP contribution in [0.2, 0.25) is 0 Å². The van der Waals surface area contributed by atoms with Crippen LogP contribution in [0.1, 0.15) is 78.6 Å². The van der Waals surface area contributed by atoms with Gasteiger partial charge in [-0.25, -0.2) is 4.79 Å². The summed E-state index contributed by atoms with van der Waals surface area (Å²) in [6, 6.07) is -8.49. The highest BCUT2D eigenvalue weighted by atomic mass is 16.4. The van der Waals surface area contributed by atoms with Crippen molar-refractivity contribution < 1.29 is 63.6 Å². The van der Waals surface area contributed by atoms with Gasteiger partial charge < -0.3 is 58.5 Å². The molecule has 0 aromatic carbocycles. The molecule has 6 unspecified atom stereocenters. The minimum atomic E-state index is -1.55. The number of carboxylic acid groups (broad SMARTS) is 4. The number of nitrogens with one attached hydrogen (secondary N) is 5. The van der Waals surface area contributed by atoms with Crippen molar-refractivity contribution in [2.75, 3.05) is 6.54 Å². The van der Waals surface area contributed by atoms with Crippen LogP contribution in [0.5, 0.6) is 0 Å². The van der Waals surface area contributed by atoms with Gasteiger partial charge in [-0.15, -0.1) is 0 Å². The Morgan fingerprint density at radius 3 is 1.49 bits per heavy atom. The van der Waals surface area contributed by atoms with Crippen molar-refractivity contribution in [1.82, 2.24) is 26.6 Å². The molecule has 0 fully saturated rings. The minimum Gasteiger partial charge on any atom is -0.481 e. The molecule has 20 heteroatoms. The topological polar surface area (TPSA) is 347 Å². The quantitative estimate of drug-likeness (QED) is 0.0428. The highest BCUT2D eigenvalue weighted by Gasteiger charge is 2.32. The van der Waals surface area contributed by atoms with Crippen LogP contribution in [-0.2, 0) is 43.2 Å². The number of carbonyl (C=O) groups excluding carboxylic acids is 5. The van der Waals surface area contributed by atoms with E-state index in [9.17, 15) is 48.3 Å². The zero-order valence-electron chi connectivity index (χ0n) is 27.7. The maximum absolute atomic E-state index is 13.5. The van der Waals surface area contributed by atoms with Gasteiger partial charge in [-0.05, 0) is 57.9 Å². The molecule has 0 aliphatic rings. The number of rotatable bonds is 25. The molecule has 0 saturated carbocycles. The molecule has 0 aromatic rings. The average molecular weight is 704 g/mol. The second kappa shape index (κ2) is 22.7. The van der Waals surface area contributed by atoms with Gasteiger partial charge >= 0.3 is 23.9 Å². The van der Waals surface area contributed by atoms with E-state index in [4.69, 9.17) is 26.8 Å². The lowest BCUT2D eigenvalue weighted by molar-refractivity contribution is -0.143. The van der Waals surface area contributed by atoms with E-state index in [1.54, 1.807) is 13.8 Å². The second-order valence-electron chi connectivity index (χ2n) is 11.8. The predicted octanol–water partition coefficient (Wildman–Crippen LogP) is -2.78. The van der Waals surface area contributed by atoms with Crippen LogP contribution >= 0.6 is 0 Å². The number of aliphatic carboxylic acids is 4. The molecule has 0 aliphatic heterocycles. The van der Waals surface area contributed by atoms with Crippen molar-refractivity contribution in [3.63, 3.8) is 0 Å². The molecule has 0 aromatic heterocycles. The number of amides is 5. The number of hydrogen-bond acceptors (Lipinski definition) is 11. The first-order chi connectivity index (χ1) is 22.8. The van der Waals surface area contributed by atoms with E-state index in [1.165, 1.54) is 6.92 Å². The first-order valence-electron chi connectivity index (χ1n) is 15.6. The highest BCUT2D eigenvalue weighted by Crippen LogP contribution is 2.10. The Bertz CT molecular complexity index is 1200. The Kier molecular flexibility index (Phi) is 20.4. The second-order valence-corrected chi connectivity index (χ2v) is 11.8. The van der Waals surface area contributed by atoms with Gasteiger partial charge in [0, 0.05) is 12.8 Å². The van der Waals surface area contributed by atoms with Crippen LogP contribution in [0.25, 0.3) is 0 Å². The van der Waals surface area contributed by atoms with Gasteiger partial charge in [0.05, 0.1) is 12.5 Å². The molecule has 20 nitrogen and oxygen atoms in total. The third-order valence-corrected chi connectivity index (χ3v) is 6.94. The molecule has 49 heavy (non-hydrogen) atoms. The standard InChI is InChI=1S/C29H49N7O13/c1-14(2)12-20(36-27(46)18(7-9-21(37)38)33-25(44)16(31)13-23(41)42)28(47)34-17(6-4-5-11-30)26(45)32-15(3)24(43)35-19(29(48)49)8-10-22(39)40/h14-20H,4-13,30-31H2,1-3H3,(H,32,45)(H,33,44)(H,34,47)(H,35,43)(H,36,46)(H,37,38)(H,39,40)(H,41,42)(H,48,49). The van der Waals surface area contributed by atoms with Gasteiger partial charge in [-0.1, -0.05) is 13.8 Å². The first-order valence-corrected chi connectivity index (χ1v) is 15.6. The Morgan fingerprint density at radius 1 is 0.551 bits per heavy atom. The molecular weight excluding hydrogens is 654 g/mol. The Labute approximate surface area is 282 Å².